The average molecular weight is 574 g/mol. The minimum absolute atomic E-state index is 0.115. The molecule has 0 rings (SSSR count). The summed E-state index contributed by atoms with van der Waals surface area (Å²) in [6, 6.07) is 0. The number of unbranched alkanes of at least 4 members (excludes halogenated alkanes) is 10. The summed E-state index contributed by atoms with van der Waals surface area (Å²) in [6.45, 7) is 15.4. The van der Waals surface area contributed by atoms with E-state index in [4.69, 9.17) is 23.7 Å². The first-order valence-corrected chi connectivity index (χ1v) is 16.4. The van der Waals surface area contributed by atoms with Gasteiger partial charge in [-0.3, -0.25) is 4.79 Å². The minimum Gasteiger partial charge on any atom is -0.465 e. The molecule has 0 aliphatic carbocycles. The Labute approximate surface area is 246 Å². The molecule has 0 heterocycles. The van der Waals surface area contributed by atoms with Gasteiger partial charge in [0.05, 0.1) is 19.6 Å². The quantitative estimate of drug-likeness (QED) is 0.0507. The number of ether oxygens (including phenoxy) is 5. The van der Waals surface area contributed by atoms with Crippen LogP contribution in [0.15, 0.2) is 0 Å². The highest BCUT2D eigenvalue weighted by Crippen LogP contribution is 2.12. The molecule has 8 nitrogen and oxygen atoms in total. The Hall–Kier alpha value is -1.38. The lowest BCUT2D eigenvalue weighted by Crippen LogP contribution is -2.25. The van der Waals surface area contributed by atoms with E-state index in [1.807, 2.05) is 6.92 Å². The van der Waals surface area contributed by atoms with Gasteiger partial charge >= 0.3 is 12.1 Å². The summed E-state index contributed by atoms with van der Waals surface area (Å²) < 4.78 is 27.7. The molecular weight excluding hydrogens is 510 g/mol. The number of carbonyl (C=O) groups is 2. The van der Waals surface area contributed by atoms with Crippen LogP contribution >= 0.6 is 0 Å². The number of nitrogens with zero attached hydrogens (tertiary/aromatic N) is 1. The Kier molecular flexibility index (Phi) is 28.1. The lowest BCUT2D eigenvalue weighted by atomic mass is 10.1. The third-order valence-corrected chi connectivity index (χ3v) is 6.93. The van der Waals surface area contributed by atoms with Crippen LogP contribution in [0.1, 0.15) is 131 Å². The van der Waals surface area contributed by atoms with E-state index in [0.29, 0.717) is 26.2 Å². The van der Waals surface area contributed by atoms with Gasteiger partial charge in [-0.15, -0.1) is 0 Å². The second-order valence-electron chi connectivity index (χ2n) is 10.8. The van der Waals surface area contributed by atoms with Gasteiger partial charge in [0, 0.05) is 32.1 Å². The van der Waals surface area contributed by atoms with Crippen LogP contribution in [0, 0.1) is 5.92 Å². The zero-order valence-electron chi connectivity index (χ0n) is 26.7. The Morgan fingerprint density at radius 3 is 1.70 bits per heavy atom. The number of hydrogen-bond donors (Lipinski definition) is 0. The van der Waals surface area contributed by atoms with Crippen LogP contribution < -0.4 is 0 Å². The van der Waals surface area contributed by atoms with E-state index in [1.165, 1.54) is 51.4 Å². The van der Waals surface area contributed by atoms with Crippen LogP contribution in [0.3, 0.4) is 0 Å². The molecule has 0 aliphatic heterocycles. The first-order valence-electron chi connectivity index (χ1n) is 16.4. The van der Waals surface area contributed by atoms with Gasteiger partial charge in [0.15, 0.2) is 6.29 Å². The standard InChI is InChI=1S/C32H63NO7/c1-6-10-12-14-16-18-24-36-31(37-25-19-17-15-13-11-7-2)22-21-30(34)39-27-29(5)28-40-32(35)38-26-20-23-33(8-3)9-4/h29,31H,6-28H2,1-5H3. The first kappa shape index (κ1) is 38.6. The number of hydrogen-bond acceptors (Lipinski definition) is 8. The fraction of sp³-hybridized carbons (Fsp3) is 0.938. The van der Waals surface area contributed by atoms with Gasteiger partial charge in [0.1, 0.15) is 6.61 Å². The second kappa shape index (κ2) is 29.1. The van der Waals surface area contributed by atoms with Gasteiger partial charge in [-0.1, -0.05) is 98.8 Å². The molecule has 0 aromatic carbocycles. The maximum atomic E-state index is 12.4. The van der Waals surface area contributed by atoms with Crippen molar-refractivity contribution in [2.24, 2.45) is 5.92 Å². The first-order chi connectivity index (χ1) is 19.5. The second-order valence-corrected chi connectivity index (χ2v) is 10.8. The normalized spacial score (nSPS) is 12.2. The molecular formula is C32H63NO7. The molecule has 0 N–H and O–H groups in total. The predicted molar refractivity (Wildman–Crippen MR) is 162 cm³/mol. The topological polar surface area (TPSA) is 83.5 Å². The highest BCUT2D eigenvalue weighted by molar-refractivity contribution is 5.69. The molecule has 238 valence electrons. The van der Waals surface area contributed by atoms with E-state index in [0.717, 1.165) is 51.7 Å². The van der Waals surface area contributed by atoms with Crippen LogP contribution in [0.2, 0.25) is 0 Å². The molecule has 0 bridgehead atoms. The Balaban J connectivity index is 4.17. The Morgan fingerprint density at radius 1 is 0.625 bits per heavy atom. The zero-order chi connectivity index (χ0) is 29.7. The maximum Gasteiger partial charge on any atom is 0.508 e. The van der Waals surface area contributed by atoms with Gasteiger partial charge in [-0.25, -0.2) is 4.79 Å². The summed E-state index contributed by atoms with van der Waals surface area (Å²) in [6.07, 6.45) is 14.9. The molecule has 1 unspecified atom stereocenters. The van der Waals surface area contributed by atoms with E-state index in [-0.39, 0.29) is 37.8 Å². The largest absolute Gasteiger partial charge is 0.508 e. The third-order valence-electron chi connectivity index (χ3n) is 6.93. The van der Waals surface area contributed by atoms with E-state index >= 15 is 0 Å². The van der Waals surface area contributed by atoms with E-state index in [2.05, 4.69) is 32.6 Å². The molecule has 0 aromatic rings. The maximum absolute atomic E-state index is 12.4. The average Bonchev–Trinajstić information content (AvgIpc) is 2.96. The summed E-state index contributed by atoms with van der Waals surface area (Å²) in [4.78, 5) is 26.4. The summed E-state index contributed by atoms with van der Waals surface area (Å²) in [7, 11) is 0. The zero-order valence-corrected chi connectivity index (χ0v) is 26.7. The van der Waals surface area contributed by atoms with Crippen LogP contribution in [0.4, 0.5) is 4.79 Å². The van der Waals surface area contributed by atoms with Crippen LogP contribution in [-0.2, 0) is 28.5 Å². The fourth-order valence-electron chi connectivity index (χ4n) is 4.24. The smallest absolute Gasteiger partial charge is 0.465 e. The lowest BCUT2D eigenvalue weighted by molar-refractivity contribution is -0.160. The van der Waals surface area contributed by atoms with Crippen molar-refractivity contribution in [1.29, 1.82) is 0 Å². The predicted octanol–water partition coefficient (Wildman–Crippen LogP) is 7.91. The van der Waals surface area contributed by atoms with Crippen LogP contribution in [0.5, 0.6) is 0 Å². The Morgan fingerprint density at radius 2 is 1.15 bits per heavy atom. The lowest BCUT2D eigenvalue weighted by Gasteiger charge is -2.19. The van der Waals surface area contributed by atoms with Gasteiger partial charge in [0.25, 0.3) is 0 Å². The molecule has 0 radical (unpaired) electrons. The fourth-order valence-corrected chi connectivity index (χ4v) is 4.24. The summed E-state index contributed by atoms with van der Waals surface area (Å²) in [5.41, 5.74) is 0. The van der Waals surface area contributed by atoms with Crippen LogP contribution in [-0.4, -0.2) is 76.0 Å². The van der Waals surface area contributed by atoms with Crippen LogP contribution in [0.25, 0.3) is 0 Å². The molecule has 1 atom stereocenters. The molecule has 0 saturated heterocycles. The number of rotatable bonds is 29. The van der Waals surface area contributed by atoms with Crippen molar-refractivity contribution in [1.82, 2.24) is 4.90 Å². The van der Waals surface area contributed by atoms with E-state index in [9.17, 15) is 9.59 Å². The SMILES string of the molecule is CCCCCCCCOC(CCC(=O)OCC(C)COC(=O)OCCCN(CC)CC)OCCCCCCCC. The van der Waals surface area contributed by atoms with E-state index in [1.54, 1.807) is 0 Å². The monoisotopic (exact) mass is 573 g/mol. The molecule has 0 fully saturated rings. The molecule has 0 saturated carbocycles. The van der Waals surface area contributed by atoms with Crippen molar-refractivity contribution >= 4 is 12.1 Å². The molecule has 0 aliphatic rings. The molecule has 0 aromatic heterocycles. The molecule has 8 heteroatoms. The highest BCUT2D eigenvalue weighted by atomic mass is 16.7. The van der Waals surface area contributed by atoms with Crippen molar-refractivity contribution in [2.75, 3.05) is 52.7 Å². The van der Waals surface area contributed by atoms with Crippen molar-refractivity contribution in [3.8, 4) is 0 Å². The number of esters is 1. The summed E-state index contributed by atoms with van der Waals surface area (Å²) in [5.74, 6) is -0.405. The van der Waals surface area contributed by atoms with E-state index < -0.39 is 6.16 Å². The highest BCUT2D eigenvalue weighted by Gasteiger charge is 2.15. The van der Waals surface area contributed by atoms with Crippen molar-refractivity contribution in [3.63, 3.8) is 0 Å². The van der Waals surface area contributed by atoms with Gasteiger partial charge in [0.2, 0.25) is 0 Å². The van der Waals surface area contributed by atoms with Gasteiger partial charge in [-0.2, -0.15) is 0 Å². The van der Waals surface area contributed by atoms with Crippen molar-refractivity contribution in [2.45, 2.75) is 137 Å². The molecule has 40 heavy (non-hydrogen) atoms. The van der Waals surface area contributed by atoms with Crippen molar-refractivity contribution in [3.05, 3.63) is 0 Å². The third kappa shape index (κ3) is 25.6. The van der Waals surface area contributed by atoms with Gasteiger partial charge < -0.3 is 28.6 Å². The number of carbonyl (C=O) groups excluding carboxylic acids is 2. The summed E-state index contributed by atoms with van der Waals surface area (Å²) in [5, 5.41) is 0. The summed E-state index contributed by atoms with van der Waals surface area (Å²) >= 11 is 0. The molecule has 0 amide bonds. The van der Waals surface area contributed by atoms with Gasteiger partial charge in [-0.05, 0) is 32.4 Å². The minimum atomic E-state index is -0.675. The Bertz CT molecular complexity index is 553. The van der Waals surface area contributed by atoms with Crippen molar-refractivity contribution < 1.29 is 33.3 Å². The molecule has 0 spiro atoms.